The summed E-state index contributed by atoms with van der Waals surface area (Å²) in [5.74, 6) is 5.15. The van der Waals surface area contributed by atoms with Crippen LogP contribution in [0.25, 0.3) is 0 Å². The Hall–Kier alpha value is -0.520. The standard InChI is InChI=1S/C10H13NO/c1-2-8-9-3-11(4-10(8)9)7-5-12-6-7/h1,7-10H,3-6H2/t8?,9-,10+. The summed E-state index contributed by atoms with van der Waals surface area (Å²) in [4.78, 5) is 2.55. The van der Waals surface area contributed by atoms with Crippen molar-refractivity contribution in [1.82, 2.24) is 4.90 Å². The van der Waals surface area contributed by atoms with E-state index in [9.17, 15) is 0 Å². The molecule has 3 rings (SSSR count). The topological polar surface area (TPSA) is 12.5 Å². The van der Waals surface area contributed by atoms with E-state index in [1.54, 1.807) is 0 Å². The molecule has 12 heavy (non-hydrogen) atoms. The van der Waals surface area contributed by atoms with E-state index in [0.717, 1.165) is 31.1 Å². The van der Waals surface area contributed by atoms with E-state index in [2.05, 4.69) is 10.8 Å². The summed E-state index contributed by atoms with van der Waals surface area (Å²) in [6.45, 7) is 4.35. The highest BCUT2D eigenvalue weighted by atomic mass is 16.5. The summed E-state index contributed by atoms with van der Waals surface area (Å²) < 4.78 is 5.17. The molecule has 2 heterocycles. The zero-order valence-corrected chi connectivity index (χ0v) is 7.07. The molecular weight excluding hydrogens is 150 g/mol. The van der Waals surface area contributed by atoms with Crippen LogP contribution in [0, 0.1) is 30.1 Å². The molecule has 0 spiro atoms. The summed E-state index contributed by atoms with van der Waals surface area (Å²) in [6, 6.07) is 0.719. The van der Waals surface area contributed by atoms with Gasteiger partial charge in [-0.1, -0.05) is 0 Å². The molecule has 0 aromatic rings. The average molecular weight is 163 g/mol. The van der Waals surface area contributed by atoms with E-state index in [-0.39, 0.29) is 0 Å². The van der Waals surface area contributed by atoms with E-state index >= 15 is 0 Å². The molecule has 0 aromatic carbocycles. The minimum atomic E-state index is 0.613. The summed E-state index contributed by atoms with van der Waals surface area (Å²) in [5, 5.41) is 0. The highest BCUT2D eigenvalue weighted by molar-refractivity contribution is 5.18. The van der Waals surface area contributed by atoms with Gasteiger partial charge in [0.25, 0.3) is 0 Å². The first kappa shape index (κ1) is 6.94. The number of nitrogens with zero attached hydrogens (tertiary/aromatic N) is 1. The lowest BCUT2D eigenvalue weighted by atomic mass is 10.2. The molecule has 0 amide bonds. The van der Waals surface area contributed by atoms with E-state index in [1.165, 1.54) is 13.1 Å². The molecule has 1 saturated carbocycles. The number of terminal acetylenes is 1. The largest absolute Gasteiger partial charge is 0.378 e. The quantitative estimate of drug-likeness (QED) is 0.512. The van der Waals surface area contributed by atoms with Crippen LogP contribution in [-0.2, 0) is 4.74 Å². The van der Waals surface area contributed by atoms with Gasteiger partial charge in [-0.3, -0.25) is 4.90 Å². The van der Waals surface area contributed by atoms with Crippen LogP contribution in [0.15, 0.2) is 0 Å². The molecule has 64 valence electrons. The van der Waals surface area contributed by atoms with Gasteiger partial charge < -0.3 is 4.74 Å². The first-order chi connectivity index (χ1) is 5.90. The van der Waals surface area contributed by atoms with Gasteiger partial charge in [0, 0.05) is 19.0 Å². The van der Waals surface area contributed by atoms with Gasteiger partial charge in [-0.2, -0.15) is 0 Å². The Labute approximate surface area is 72.9 Å². The van der Waals surface area contributed by atoms with Gasteiger partial charge in [0.2, 0.25) is 0 Å². The number of ether oxygens (including phenoxy) is 1. The minimum Gasteiger partial charge on any atom is -0.378 e. The molecule has 2 heteroatoms. The Bertz CT molecular complexity index is 229. The third kappa shape index (κ3) is 0.784. The summed E-state index contributed by atoms with van der Waals surface area (Å²) in [6.07, 6.45) is 5.40. The molecule has 0 bridgehead atoms. The lowest BCUT2D eigenvalue weighted by Crippen LogP contribution is -2.48. The van der Waals surface area contributed by atoms with Crippen molar-refractivity contribution in [2.75, 3.05) is 26.3 Å². The van der Waals surface area contributed by atoms with Gasteiger partial charge in [-0.25, -0.2) is 0 Å². The Kier molecular flexibility index (Phi) is 1.30. The molecule has 0 radical (unpaired) electrons. The number of hydrogen-bond acceptors (Lipinski definition) is 2. The Morgan fingerprint density at radius 1 is 1.25 bits per heavy atom. The lowest BCUT2D eigenvalue weighted by molar-refractivity contribution is -0.0612. The van der Waals surface area contributed by atoms with Crippen molar-refractivity contribution in [3.05, 3.63) is 0 Å². The van der Waals surface area contributed by atoms with Gasteiger partial charge in [0.1, 0.15) is 0 Å². The van der Waals surface area contributed by atoms with Crippen LogP contribution in [0.5, 0.6) is 0 Å². The normalized spacial score (nSPS) is 46.4. The fourth-order valence-corrected chi connectivity index (χ4v) is 2.54. The van der Waals surface area contributed by atoms with E-state index in [1.807, 2.05) is 0 Å². The van der Waals surface area contributed by atoms with E-state index in [4.69, 9.17) is 11.2 Å². The third-order valence-electron chi connectivity index (χ3n) is 3.55. The van der Waals surface area contributed by atoms with Crippen molar-refractivity contribution in [2.24, 2.45) is 17.8 Å². The number of piperidine rings is 1. The Morgan fingerprint density at radius 2 is 1.92 bits per heavy atom. The summed E-state index contributed by atoms with van der Waals surface area (Å²) in [7, 11) is 0. The monoisotopic (exact) mass is 163 g/mol. The van der Waals surface area contributed by atoms with Crippen molar-refractivity contribution in [1.29, 1.82) is 0 Å². The number of fused-ring (bicyclic) bond motifs is 1. The molecule has 0 aromatic heterocycles. The number of rotatable bonds is 1. The predicted molar refractivity (Wildman–Crippen MR) is 45.5 cm³/mol. The first-order valence-corrected chi connectivity index (χ1v) is 4.68. The van der Waals surface area contributed by atoms with Crippen LogP contribution in [0.2, 0.25) is 0 Å². The Morgan fingerprint density at radius 3 is 2.33 bits per heavy atom. The van der Waals surface area contributed by atoms with Gasteiger partial charge in [-0.15, -0.1) is 12.3 Å². The number of likely N-dealkylation sites (tertiary alicyclic amines) is 1. The van der Waals surface area contributed by atoms with Gasteiger partial charge >= 0.3 is 0 Å². The van der Waals surface area contributed by atoms with E-state index in [0.29, 0.717) is 5.92 Å². The summed E-state index contributed by atoms with van der Waals surface area (Å²) >= 11 is 0. The molecule has 1 unspecified atom stereocenters. The predicted octanol–water partition coefficient (Wildman–Crippen LogP) is 0.196. The van der Waals surface area contributed by atoms with Crippen molar-refractivity contribution >= 4 is 0 Å². The molecule has 2 nitrogen and oxygen atoms in total. The molecule has 2 saturated heterocycles. The second-order valence-electron chi connectivity index (χ2n) is 4.17. The zero-order valence-electron chi connectivity index (χ0n) is 7.07. The van der Waals surface area contributed by atoms with Crippen molar-refractivity contribution in [2.45, 2.75) is 6.04 Å². The van der Waals surface area contributed by atoms with Crippen LogP contribution in [0.1, 0.15) is 0 Å². The van der Waals surface area contributed by atoms with E-state index < -0.39 is 0 Å². The van der Waals surface area contributed by atoms with Gasteiger partial charge in [-0.05, 0) is 11.8 Å². The van der Waals surface area contributed by atoms with Crippen molar-refractivity contribution in [3.8, 4) is 12.3 Å². The Balaban J connectivity index is 1.59. The highest BCUT2D eigenvalue weighted by Crippen LogP contribution is 2.51. The minimum absolute atomic E-state index is 0.613. The molecule has 1 aliphatic carbocycles. The van der Waals surface area contributed by atoms with Crippen LogP contribution in [0.3, 0.4) is 0 Å². The molecular formula is C10H13NO. The fourth-order valence-electron chi connectivity index (χ4n) is 2.54. The van der Waals surface area contributed by atoms with Crippen molar-refractivity contribution < 1.29 is 4.74 Å². The highest BCUT2D eigenvalue weighted by Gasteiger charge is 2.56. The maximum atomic E-state index is 5.40. The molecule has 3 aliphatic rings. The maximum Gasteiger partial charge on any atom is 0.0645 e. The second-order valence-corrected chi connectivity index (χ2v) is 4.17. The fraction of sp³-hybridized carbons (Fsp3) is 0.800. The molecule has 2 aliphatic heterocycles. The molecule has 3 fully saturated rings. The van der Waals surface area contributed by atoms with Crippen molar-refractivity contribution in [3.63, 3.8) is 0 Å². The second kappa shape index (κ2) is 2.25. The SMILES string of the molecule is C#CC1[C@H]2CN(C3COC3)C[C@@H]12. The zero-order chi connectivity index (χ0) is 8.13. The molecule has 3 atom stereocenters. The van der Waals surface area contributed by atoms with Crippen LogP contribution in [0.4, 0.5) is 0 Å². The third-order valence-corrected chi connectivity index (χ3v) is 3.55. The lowest BCUT2D eigenvalue weighted by Gasteiger charge is -2.35. The summed E-state index contributed by atoms with van der Waals surface area (Å²) in [5.41, 5.74) is 0. The van der Waals surface area contributed by atoms with Gasteiger partial charge in [0.05, 0.1) is 19.3 Å². The van der Waals surface area contributed by atoms with Gasteiger partial charge in [0.15, 0.2) is 0 Å². The average Bonchev–Trinajstić information content (AvgIpc) is 2.42. The maximum absolute atomic E-state index is 5.40. The number of hydrogen-bond donors (Lipinski definition) is 0. The van der Waals surface area contributed by atoms with Crippen LogP contribution >= 0.6 is 0 Å². The molecule has 0 N–H and O–H groups in total. The van der Waals surface area contributed by atoms with Crippen LogP contribution in [-0.4, -0.2) is 37.2 Å². The first-order valence-electron chi connectivity index (χ1n) is 4.68. The van der Waals surface area contributed by atoms with Crippen LogP contribution < -0.4 is 0 Å². The smallest absolute Gasteiger partial charge is 0.0645 e.